The number of aliphatic carboxylic acids is 1. The summed E-state index contributed by atoms with van der Waals surface area (Å²) < 4.78 is 28.0. The Labute approximate surface area is 115 Å². The van der Waals surface area contributed by atoms with Crippen molar-refractivity contribution in [3.63, 3.8) is 0 Å². The van der Waals surface area contributed by atoms with E-state index in [4.69, 9.17) is 16.7 Å². The maximum atomic E-state index is 12.2. The number of aryl methyl sites for hydroxylation is 1. The van der Waals surface area contributed by atoms with Crippen LogP contribution in [0, 0.1) is 5.92 Å². The standard InChI is InChI=1S/C10H14ClN3O4S/c1-14-9(7(11)5-12-14)19(17,18)13-8-4-2-3-6(8)10(15)16/h5-6,8,13H,2-4H2,1H3,(H,15,16). The predicted molar refractivity (Wildman–Crippen MR) is 67.3 cm³/mol. The third-order valence-corrected chi connectivity index (χ3v) is 5.23. The number of carboxylic acid groups (broad SMARTS) is 1. The molecule has 1 aliphatic rings. The average Bonchev–Trinajstić information content (AvgIpc) is 2.85. The Morgan fingerprint density at radius 2 is 2.26 bits per heavy atom. The zero-order valence-corrected chi connectivity index (χ0v) is 11.8. The number of aromatic nitrogens is 2. The molecule has 2 atom stereocenters. The minimum atomic E-state index is -3.87. The van der Waals surface area contributed by atoms with Gasteiger partial charge in [0.15, 0.2) is 5.03 Å². The second kappa shape index (κ2) is 5.10. The zero-order chi connectivity index (χ0) is 14.2. The number of carbonyl (C=O) groups is 1. The van der Waals surface area contributed by atoms with Gasteiger partial charge in [-0.1, -0.05) is 18.0 Å². The zero-order valence-electron chi connectivity index (χ0n) is 10.2. The highest BCUT2D eigenvalue weighted by atomic mass is 35.5. The number of carboxylic acids is 1. The van der Waals surface area contributed by atoms with Gasteiger partial charge in [-0.25, -0.2) is 13.1 Å². The van der Waals surface area contributed by atoms with E-state index in [2.05, 4.69) is 9.82 Å². The van der Waals surface area contributed by atoms with Crippen molar-refractivity contribution in [2.24, 2.45) is 13.0 Å². The van der Waals surface area contributed by atoms with Crippen LogP contribution in [0.4, 0.5) is 0 Å². The third kappa shape index (κ3) is 2.75. The molecule has 1 aromatic rings. The molecule has 1 heterocycles. The largest absolute Gasteiger partial charge is 0.481 e. The van der Waals surface area contributed by atoms with Crippen molar-refractivity contribution in [2.75, 3.05) is 0 Å². The van der Waals surface area contributed by atoms with Crippen molar-refractivity contribution in [3.8, 4) is 0 Å². The predicted octanol–water partition coefficient (Wildman–Crippen LogP) is 0.605. The van der Waals surface area contributed by atoms with E-state index in [1.165, 1.54) is 13.2 Å². The SMILES string of the molecule is Cn1ncc(Cl)c1S(=O)(=O)NC1CCCC1C(=O)O. The van der Waals surface area contributed by atoms with E-state index in [1.807, 2.05) is 0 Å². The van der Waals surface area contributed by atoms with Gasteiger partial charge < -0.3 is 5.11 Å². The molecule has 2 N–H and O–H groups in total. The Kier molecular flexibility index (Phi) is 3.84. The number of hydrogen-bond acceptors (Lipinski definition) is 4. The van der Waals surface area contributed by atoms with E-state index in [0.717, 1.165) is 4.68 Å². The fraction of sp³-hybridized carbons (Fsp3) is 0.600. The Morgan fingerprint density at radius 1 is 1.58 bits per heavy atom. The molecule has 2 unspecified atom stereocenters. The first kappa shape index (κ1) is 14.3. The lowest BCUT2D eigenvalue weighted by Gasteiger charge is -2.17. The van der Waals surface area contributed by atoms with Gasteiger partial charge in [-0.3, -0.25) is 9.48 Å². The molecule has 0 aromatic carbocycles. The Morgan fingerprint density at radius 3 is 2.79 bits per heavy atom. The molecule has 1 aromatic heterocycles. The van der Waals surface area contributed by atoms with Gasteiger partial charge in [-0.15, -0.1) is 0 Å². The molecule has 1 saturated carbocycles. The summed E-state index contributed by atoms with van der Waals surface area (Å²) in [6, 6.07) is -0.603. The third-order valence-electron chi connectivity index (χ3n) is 3.24. The van der Waals surface area contributed by atoms with Crippen molar-refractivity contribution < 1.29 is 18.3 Å². The number of sulfonamides is 1. The highest BCUT2D eigenvalue weighted by molar-refractivity contribution is 7.89. The van der Waals surface area contributed by atoms with Crippen molar-refractivity contribution in [2.45, 2.75) is 30.3 Å². The molecule has 0 bridgehead atoms. The van der Waals surface area contributed by atoms with Crippen LogP contribution in [0.5, 0.6) is 0 Å². The molecule has 7 nitrogen and oxygen atoms in total. The molecule has 1 fully saturated rings. The number of nitrogens with zero attached hydrogens (tertiary/aromatic N) is 2. The summed E-state index contributed by atoms with van der Waals surface area (Å²) in [5.74, 6) is -1.68. The highest BCUT2D eigenvalue weighted by Crippen LogP contribution is 2.28. The fourth-order valence-electron chi connectivity index (χ4n) is 2.35. The fourth-order valence-corrected chi connectivity index (χ4v) is 4.32. The molecule has 0 spiro atoms. The number of nitrogens with one attached hydrogen (secondary N) is 1. The lowest BCUT2D eigenvalue weighted by atomic mass is 10.1. The first-order valence-electron chi connectivity index (χ1n) is 5.75. The number of halogens is 1. The maximum Gasteiger partial charge on any atom is 0.308 e. The van der Waals surface area contributed by atoms with Gasteiger partial charge in [0.25, 0.3) is 10.0 Å². The minimum Gasteiger partial charge on any atom is -0.481 e. The quantitative estimate of drug-likeness (QED) is 0.848. The normalized spacial score (nSPS) is 23.7. The second-order valence-electron chi connectivity index (χ2n) is 4.52. The molecule has 1 aliphatic carbocycles. The van der Waals surface area contributed by atoms with E-state index in [0.29, 0.717) is 19.3 Å². The molecule has 19 heavy (non-hydrogen) atoms. The van der Waals surface area contributed by atoms with Crippen LogP contribution in [-0.4, -0.2) is 35.3 Å². The number of hydrogen-bond donors (Lipinski definition) is 2. The van der Waals surface area contributed by atoms with Crippen molar-refractivity contribution >= 4 is 27.6 Å². The first-order valence-corrected chi connectivity index (χ1v) is 7.61. The average molecular weight is 308 g/mol. The lowest BCUT2D eigenvalue weighted by Crippen LogP contribution is -2.40. The highest BCUT2D eigenvalue weighted by Gasteiger charge is 2.37. The van der Waals surface area contributed by atoms with Crippen LogP contribution in [0.2, 0.25) is 5.02 Å². The van der Waals surface area contributed by atoms with Gasteiger partial charge in [-0.2, -0.15) is 5.10 Å². The molecule has 0 aliphatic heterocycles. The molecule has 106 valence electrons. The van der Waals surface area contributed by atoms with Crippen LogP contribution in [-0.2, 0) is 21.9 Å². The summed E-state index contributed by atoms with van der Waals surface area (Å²) in [5, 5.41) is 12.7. The van der Waals surface area contributed by atoms with Gasteiger partial charge in [0.05, 0.1) is 17.1 Å². The van der Waals surface area contributed by atoms with Gasteiger partial charge in [-0.05, 0) is 12.8 Å². The topological polar surface area (TPSA) is 101 Å². The molecule has 0 saturated heterocycles. The molecular formula is C10H14ClN3O4S. The van der Waals surface area contributed by atoms with Gasteiger partial charge >= 0.3 is 5.97 Å². The van der Waals surface area contributed by atoms with Crippen LogP contribution < -0.4 is 4.72 Å². The molecule has 0 amide bonds. The van der Waals surface area contributed by atoms with Crippen molar-refractivity contribution in [1.29, 1.82) is 0 Å². The van der Waals surface area contributed by atoms with Crippen LogP contribution >= 0.6 is 11.6 Å². The van der Waals surface area contributed by atoms with Gasteiger partial charge in [0.1, 0.15) is 0 Å². The monoisotopic (exact) mass is 307 g/mol. The van der Waals surface area contributed by atoms with E-state index >= 15 is 0 Å². The molecule has 0 radical (unpaired) electrons. The lowest BCUT2D eigenvalue weighted by molar-refractivity contribution is -0.141. The Balaban J connectivity index is 2.25. The number of rotatable bonds is 4. The Bertz CT molecular complexity index is 578. The summed E-state index contributed by atoms with van der Waals surface area (Å²) in [6.07, 6.45) is 2.90. The van der Waals surface area contributed by atoms with Crippen LogP contribution in [0.15, 0.2) is 11.2 Å². The molecule has 9 heteroatoms. The summed E-state index contributed by atoms with van der Waals surface area (Å²) >= 11 is 5.80. The maximum absolute atomic E-state index is 12.2. The van der Waals surface area contributed by atoms with Crippen LogP contribution in [0.25, 0.3) is 0 Å². The first-order chi connectivity index (χ1) is 8.83. The molecular weight excluding hydrogens is 294 g/mol. The van der Waals surface area contributed by atoms with Crippen LogP contribution in [0.3, 0.4) is 0 Å². The summed E-state index contributed by atoms with van der Waals surface area (Å²) in [5.41, 5.74) is 0. The van der Waals surface area contributed by atoms with Gasteiger partial charge in [0.2, 0.25) is 0 Å². The van der Waals surface area contributed by atoms with E-state index in [1.54, 1.807) is 0 Å². The van der Waals surface area contributed by atoms with Crippen molar-refractivity contribution in [1.82, 2.24) is 14.5 Å². The van der Waals surface area contributed by atoms with E-state index in [9.17, 15) is 13.2 Å². The second-order valence-corrected chi connectivity index (χ2v) is 6.56. The smallest absolute Gasteiger partial charge is 0.308 e. The minimum absolute atomic E-state index is 0.0138. The van der Waals surface area contributed by atoms with Crippen LogP contribution in [0.1, 0.15) is 19.3 Å². The van der Waals surface area contributed by atoms with Crippen molar-refractivity contribution in [3.05, 3.63) is 11.2 Å². The molecule has 2 rings (SSSR count). The van der Waals surface area contributed by atoms with E-state index < -0.39 is 28.0 Å². The van der Waals surface area contributed by atoms with Gasteiger partial charge in [0, 0.05) is 13.1 Å². The summed E-state index contributed by atoms with van der Waals surface area (Å²) in [7, 11) is -2.41. The summed E-state index contributed by atoms with van der Waals surface area (Å²) in [6.45, 7) is 0. The summed E-state index contributed by atoms with van der Waals surface area (Å²) in [4.78, 5) is 11.0. The van der Waals surface area contributed by atoms with E-state index in [-0.39, 0.29) is 10.0 Å². The Hall–Kier alpha value is -1.12.